The Balaban J connectivity index is 1.59. The first kappa shape index (κ1) is 24.9. The number of hydrogen-bond acceptors (Lipinski definition) is 0. The van der Waals surface area contributed by atoms with Gasteiger partial charge < -0.3 is 0 Å². The number of rotatable bonds is 4. The molecule has 34 heavy (non-hydrogen) atoms. The average Bonchev–Trinajstić information content (AvgIpc) is 3.01. The van der Waals surface area contributed by atoms with Gasteiger partial charge in [-0.1, -0.05) is 12.1 Å². The van der Waals surface area contributed by atoms with Gasteiger partial charge in [-0.25, -0.2) is 0 Å². The van der Waals surface area contributed by atoms with Gasteiger partial charge in [0.1, 0.15) is 0 Å². The molecule has 5 rings (SSSR count). The molecule has 0 N–H and O–H groups in total. The van der Waals surface area contributed by atoms with Crippen LogP contribution in [-0.2, 0) is 6.29 Å². The molecule has 0 unspecified atom stereocenters. The van der Waals surface area contributed by atoms with E-state index in [2.05, 4.69) is 119 Å². The summed E-state index contributed by atoms with van der Waals surface area (Å²) in [6.07, 6.45) is -1.21. The monoisotopic (exact) mass is 893 g/mol. The van der Waals surface area contributed by atoms with Gasteiger partial charge in [-0.05, 0) is 0 Å². The van der Waals surface area contributed by atoms with Crippen LogP contribution in [-0.4, -0.2) is 35.0 Å². The van der Waals surface area contributed by atoms with Crippen LogP contribution in [0.4, 0.5) is 0 Å². The first-order chi connectivity index (χ1) is 16.5. The molecule has 0 spiro atoms. The third-order valence-corrected chi connectivity index (χ3v) is 24.1. The third-order valence-electron chi connectivity index (χ3n) is 7.56. The standard InChI is InChI=1S/C28H30BO2.BH.2Np/c1-5-23(20-30-3)24-16-18-25(19-17-24)28-21-31(4)29(22(28)2,26-12-8-6-9-13-26)27-14-10-7-11-15-27;;;/h6-19H,20-21H2,1-4H3;1H;;. The fourth-order valence-electron chi connectivity index (χ4n) is 5.78. The van der Waals surface area contributed by atoms with Crippen molar-refractivity contribution < 1.29 is 59.6 Å². The molecule has 2 nitrogen and oxygen atoms in total. The van der Waals surface area contributed by atoms with Gasteiger partial charge in [-0.2, -0.15) is 0 Å². The van der Waals surface area contributed by atoms with Gasteiger partial charge in [0.25, 0.3) is 0 Å². The van der Waals surface area contributed by atoms with E-state index in [0.717, 1.165) is 13.2 Å². The van der Waals surface area contributed by atoms with Crippen LogP contribution in [0.1, 0.15) is 25.0 Å². The fourth-order valence-corrected chi connectivity index (χ4v) is 28.4. The molecule has 0 aliphatic carbocycles. The van der Waals surface area contributed by atoms with E-state index >= 15 is 0 Å². The van der Waals surface area contributed by atoms with Crippen LogP contribution in [0.25, 0.3) is 11.1 Å². The molecule has 0 amide bonds. The van der Waals surface area contributed by atoms with Crippen molar-refractivity contribution in [2.75, 3.05) is 27.4 Å². The topological polar surface area (TPSA) is 5.40 Å². The number of benzene rings is 3. The zero-order valence-electron chi connectivity index (χ0n) is 20.5. The van der Waals surface area contributed by atoms with E-state index in [1.54, 1.807) is 9.60 Å². The molecule has 0 saturated heterocycles. The molecule has 0 saturated carbocycles. The number of hydrogen-bond donors (Lipinski definition) is 0. The summed E-state index contributed by atoms with van der Waals surface area (Å²) in [4.78, 5) is 0. The molecule has 6 heteroatoms. The van der Waals surface area contributed by atoms with E-state index in [-0.39, 0.29) is 0 Å². The summed E-state index contributed by atoms with van der Waals surface area (Å²) in [5.41, 5.74) is 10.0. The van der Waals surface area contributed by atoms with Crippen LogP contribution in [0.5, 0.6) is 0 Å². The van der Waals surface area contributed by atoms with E-state index in [4.69, 9.17) is 0 Å². The van der Waals surface area contributed by atoms with E-state index in [0.29, 0.717) is 0 Å². The van der Waals surface area contributed by atoms with Gasteiger partial charge in [-0.3, -0.25) is 0 Å². The van der Waals surface area contributed by atoms with Crippen LogP contribution in [0.15, 0.2) is 93.2 Å². The van der Waals surface area contributed by atoms with Crippen LogP contribution < -0.4 is 10.9 Å². The molecule has 171 valence electrons. The van der Waals surface area contributed by atoms with Gasteiger partial charge in [-0.15, -0.1) is 0 Å². The van der Waals surface area contributed by atoms with Crippen molar-refractivity contribution in [3.05, 3.63) is 104 Å². The third kappa shape index (κ3) is 4.54. The zero-order valence-corrected chi connectivity index (χ0v) is 27.9. The Hall–Kier alpha value is -0.784. The molecule has 0 atom stereocenters. The maximum atomic E-state index is 3.60. The SMILES string of the molecule is C[C]1=C(c2ccc(C3=C(C)[B-](c4ccccc4)(c4ccccc4)[O+](C)C3)cc2)C[O+](C)[Np-][BH][Np]1. The average molecular weight is 895 g/mol. The predicted octanol–water partition coefficient (Wildman–Crippen LogP) is 4.23. The molecular formula is C28H31B2Np2O2. The van der Waals surface area contributed by atoms with E-state index in [1.807, 2.05) is 0 Å². The predicted molar refractivity (Wildman–Crippen MR) is 140 cm³/mol. The minimum atomic E-state index is -1.21. The van der Waals surface area contributed by atoms with Crippen LogP contribution in [0.2, 0.25) is 0 Å². The Morgan fingerprint density at radius 3 is 1.82 bits per heavy atom. The molecule has 0 bridgehead atoms. The van der Waals surface area contributed by atoms with E-state index in [9.17, 15) is 0 Å². The molecule has 3 aromatic rings. The molecule has 0 radical (unpaired) electrons. The molecule has 0 aromatic heterocycles. The normalized spacial score (nSPS) is 18.4. The summed E-state index contributed by atoms with van der Waals surface area (Å²) in [5, 5.41) is 0. The number of allylic oxidation sites excluding steroid dienone is 2. The van der Waals surface area contributed by atoms with Crippen molar-refractivity contribution in [1.82, 2.24) is 0 Å². The van der Waals surface area contributed by atoms with Crippen molar-refractivity contribution in [3.8, 4) is 0 Å². The first-order valence-electron chi connectivity index (χ1n) is 11.9. The van der Waals surface area contributed by atoms with Crippen molar-refractivity contribution in [3.63, 3.8) is 0 Å². The van der Waals surface area contributed by atoms with Gasteiger partial charge >= 0.3 is 223 Å². The van der Waals surface area contributed by atoms with Crippen molar-refractivity contribution in [1.29, 1.82) is 0 Å². The van der Waals surface area contributed by atoms with Gasteiger partial charge in [0.2, 0.25) is 0 Å². The zero-order chi connectivity index (χ0) is 23.7. The Kier molecular flexibility index (Phi) is 7.82. The molecule has 2 heterocycles. The molecule has 3 aromatic carbocycles. The summed E-state index contributed by atoms with van der Waals surface area (Å²) >= 11 is -1.25. The second-order valence-corrected chi connectivity index (χ2v) is 29.4. The summed E-state index contributed by atoms with van der Waals surface area (Å²) < 4.78 is 10.5. The van der Waals surface area contributed by atoms with Crippen LogP contribution >= 0.6 is 0 Å². The summed E-state index contributed by atoms with van der Waals surface area (Å²) in [6, 6.07) is 31.6. The maximum absolute atomic E-state index is 3.60. The summed E-state index contributed by atoms with van der Waals surface area (Å²) in [5.74, 6) is 0. The Morgan fingerprint density at radius 1 is 0.735 bits per heavy atom. The van der Waals surface area contributed by atoms with Gasteiger partial charge in [0, 0.05) is 0 Å². The second-order valence-electron chi connectivity index (χ2n) is 9.42. The second kappa shape index (κ2) is 10.7. The summed E-state index contributed by atoms with van der Waals surface area (Å²) in [7, 11) is 4.49. The van der Waals surface area contributed by atoms with Crippen molar-refractivity contribution in [2.45, 2.75) is 13.8 Å². The molecule has 0 fully saturated rings. The Bertz CT molecular complexity index is 1180. The van der Waals surface area contributed by atoms with Crippen molar-refractivity contribution in [2.24, 2.45) is 0 Å². The molecule has 2 aliphatic rings. The Labute approximate surface area is 232 Å². The summed E-state index contributed by atoms with van der Waals surface area (Å²) in [6.45, 7) is 6.76. The van der Waals surface area contributed by atoms with Crippen molar-refractivity contribution >= 4 is 29.7 Å². The Morgan fingerprint density at radius 2 is 1.26 bits per heavy atom. The van der Waals surface area contributed by atoms with Gasteiger partial charge in [0.15, 0.2) is 0 Å². The minimum absolute atomic E-state index is 0.621. The van der Waals surface area contributed by atoms with Crippen LogP contribution in [0.3, 0.4) is 0 Å². The molecular weight excluding hydrogens is 864 g/mol. The van der Waals surface area contributed by atoms with E-state index in [1.165, 1.54) is 33.1 Å². The van der Waals surface area contributed by atoms with Gasteiger partial charge in [0.05, 0.1) is 0 Å². The van der Waals surface area contributed by atoms with E-state index < -0.39 is 59.6 Å². The first-order valence-corrected chi connectivity index (χ1v) is 20.5. The quantitative estimate of drug-likeness (QED) is 0.274. The fraction of sp³-hybridized carbons (Fsp3) is 0.214. The molecule has 2 aliphatic heterocycles. The van der Waals surface area contributed by atoms with Crippen LogP contribution in [0, 0.1) is 53.3 Å².